The molecule has 1 aliphatic carbocycles. The average Bonchev–Trinajstić information content (AvgIpc) is 2.90. The van der Waals surface area contributed by atoms with Crippen LogP contribution in [0.5, 0.6) is 0 Å². The van der Waals surface area contributed by atoms with Crippen LogP contribution in [-0.2, 0) is 9.47 Å². The fourth-order valence-corrected chi connectivity index (χ4v) is 4.59. The standard InChI is InChI=1S/C30H40O4/c1-5-21(3)23-12-16-26(17-13-23)29(31)33-20-28(25-10-8-7-9-11-25)34-30(32)27-18-14-24(15-19-27)22(4)6-2/h12-19,21-22,25,28H,5-11,20H2,1-4H3. The van der Waals surface area contributed by atoms with Crippen molar-refractivity contribution in [3.63, 3.8) is 0 Å². The third kappa shape index (κ3) is 6.94. The SMILES string of the molecule is CCC(C)c1ccc(C(=O)OCC(OC(=O)c2ccc(C(C)CC)cc2)C2CCCCC2)cc1. The third-order valence-corrected chi connectivity index (χ3v) is 7.47. The molecular formula is C30H40O4. The van der Waals surface area contributed by atoms with E-state index in [1.165, 1.54) is 17.5 Å². The van der Waals surface area contributed by atoms with Gasteiger partial charge in [0.15, 0.2) is 0 Å². The molecule has 0 heterocycles. The predicted molar refractivity (Wildman–Crippen MR) is 136 cm³/mol. The summed E-state index contributed by atoms with van der Waals surface area (Å²) in [7, 11) is 0. The van der Waals surface area contributed by atoms with Gasteiger partial charge in [-0.15, -0.1) is 0 Å². The minimum absolute atomic E-state index is 0.0906. The Hall–Kier alpha value is -2.62. The lowest BCUT2D eigenvalue weighted by molar-refractivity contribution is -0.0247. The molecule has 2 aromatic carbocycles. The van der Waals surface area contributed by atoms with Crippen molar-refractivity contribution in [1.82, 2.24) is 0 Å². The van der Waals surface area contributed by atoms with Gasteiger partial charge in [0, 0.05) is 0 Å². The summed E-state index contributed by atoms with van der Waals surface area (Å²) >= 11 is 0. The van der Waals surface area contributed by atoms with Crippen molar-refractivity contribution >= 4 is 11.9 Å². The van der Waals surface area contributed by atoms with Gasteiger partial charge in [-0.2, -0.15) is 0 Å². The van der Waals surface area contributed by atoms with Crippen LogP contribution in [0, 0.1) is 5.92 Å². The van der Waals surface area contributed by atoms with E-state index in [-0.39, 0.29) is 24.5 Å². The van der Waals surface area contributed by atoms with Crippen LogP contribution in [0.25, 0.3) is 0 Å². The monoisotopic (exact) mass is 464 g/mol. The van der Waals surface area contributed by atoms with E-state index in [0.29, 0.717) is 23.0 Å². The maximum absolute atomic E-state index is 12.9. The van der Waals surface area contributed by atoms with Crippen LogP contribution in [0.3, 0.4) is 0 Å². The maximum Gasteiger partial charge on any atom is 0.338 e. The number of ether oxygens (including phenoxy) is 2. The van der Waals surface area contributed by atoms with Crippen molar-refractivity contribution in [3.05, 3.63) is 70.8 Å². The van der Waals surface area contributed by atoms with E-state index in [4.69, 9.17) is 9.47 Å². The van der Waals surface area contributed by atoms with E-state index < -0.39 is 6.10 Å². The van der Waals surface area contributed by atoms with Gasteiger partial charge in [0.25, 0.3) is 0 Å². The van der Waals surface area contributed by atoms with E-state index in [1.807, 2.05) is 48.5 Å². The first-order valence-electron chi connectivity index (χ1n) is 13.0. The molecule has 0 amide bonds. The minimum Gasteiger partial charge on any atom is -0.458 e. The van der Waals surface area contributed by atoms with E-state index >= 15 is 0 Å². The van der Waals surface area contributed by atoms with Crippen LogP contribution >= 0.6 is 0 Å². The highest BCUT2D eigenvalue weighted by Crippen LogP contribution is 2.29. The number of hydrogen-bond donors (Lipinski definition) is 0. The topological polar surface area (TPSA) is 52.6 Å². The van der Waals surface area contributed by atoms with E-state index in [1.54, 1.807) is 0 Å². The average molecular weight is 465 g/mol. The molecule has 184 valence electrons. The summed E-state index contributed by atoms with van der Waals surface area (Å²) in [6.07, 6.45) is 7.11. The molecule has 0 radical (unpaired) electrons. The van der Waals surface area contributed by atoms with Crippen molar-refractivity contribution in [2.45, 2.75) is 90.6 Å². The molecule has 0 aromatic heterocycles. The molecule has 0 saturated heterocycles. The largest absolute Gasteiger partial charge is 0.458 e. The summed E-state index contributed by atoms with van der Waals surface area (Å²) in [4.78, 5) is 25.6. The second kappa shape index (κ2) is 12.7. The van der Waals surface area contributed by atoms with E-state index in [2.05, 4.69) is 27.7 Å². The molecule has 3 rings (SSSR count). The molecule has 4 heteroatoms. The third-order valence-electron chi connectivity index (χ3n) is 7.47. The lowest BCUT2D eigenvalue weighted by Crippen LogP contribution is -2.33. The van der Waals surface area contributed by atoms with Crippen molar-refractivity contribution in [2.75, 3.05) is 6.61 Å². The number of benzene rings is 2. The number of carbonyl (C=O) groups is 2. The van der Waals surface area contributed by atoms with Gasteiger partial charge < -0.3 is 9.47 Å². The van der Waals surface area contributed by atoms with Crippen LogP contribution in [0.4, 0.5) is 0 Å². The Morgan fingerprint density at radius 3 is 1.71 bits per heavy atom. The second-order valence-corrected chi connectivity index (χ2v) is 9.80. The summed E-state index contributed by atoms with van der Waals surface area (Å²) in [5.41, 5.74) is 3.50. The first-order chi connectivity index (χ1) is 16.4. The number of carbonyl (C=O) groups excluding carboxylic acids is 2. The molecule has 0 bridgehead atoms. The summed E-state index contributed by atoms with van der Waals surface area (Å²) in [5.74, 6) is 0.418. The fourth-order valence-electron chi connectivity index (χ4n) is 4.59. The predicted octanol–water partition coefficient (Wildman–Crippen LogP) is 7.68. The van der Waals surface area contributed by atoms with Gasteiger partial charge in [0.05, 0.1) is 11.1 Å². The van der Waals surface area contributed by atoms with Crippen LogP contribution < -0.4 is 0 Å². The molecule has 0 N–H and O–H groups in total. The highest BCUT2D eigenvalue weighted by atomic mass is 16.6. The van der Waals surface area contributed by atoms with Gasteiger partial charge in [-0.25, -0.2) is 9.59 Å². The number of hydrogen-bond acceptors (Lipinski definition) is 4. The Balaban J connectivity index is 1.65. The summed E-state index contributed by atoms with van der Waals surface area (Å²) in [6, 6.07) is 15.3. The second-order valence-electron chi connectivity index (χ2n) is 9.80. The Labute approximate surface area is 205 Å². The Morgan fingerprint density at radius 1 is 0.765 bits per heavy atom. The van der Waals surface area contributed by atoms with Gasteiger partial charge in [0.1, 0.15) is 12.7 Å². The molecule has 0 aliphatic heterocycles. The Kier molecular flexibility index (Phi) is 9.74. The van der Waals surface area contributed by atoms with Crippen LogP contribution in [0.2, 0.25) is 0 Å². The summed E-state index contributed by atoms with van der Waals surface area (Å²) < 4.78 is 11.6. The molecule has 3 atom stereocenters. The highest BCUT2D eigenvalue weighted by Gasteiger charge is 2.29. The molecular weight excluding hydrogens is 424 g/mol. The van der Waals surface area contributed by atoms with E-state index in [0.717, 1.165) is 38.5 Å². The summed E-state index contributed by atoms with van der Waals surface area (Å²) in [5, 5.41) is 0. The van der Waals surface area contributed by atoms with Crippen molar-refractivity contribution in [1.29, 1.82) is 0 Å². The van der Waals surface area contributed by atoms with Crippen molar-refractivity contribution < 1.29 is 19.1 Å². The van der Waals surface area contributed by atoms with Crippen LogP contribution in [0.15, 0.2) is 48.5 Å². The zero-order valence-electron chi connectivity index (χ0n) is 21.2. The lowest BCUT2D eigenvalue weighted by atomic mass is 9.85. The fraction of sp³-hybridized carbons (Fsp3) is 0.533. The number of rotatable bonds is 10. The lowest BCUT2D eigenvalue weighted by Gasteiger charge is -2.29. The molecule has 4 nitrogen and oxygen atoms in total. The zero-order chi connectivity index (χ0) is 24.5. The van der Waals surface area contributed by atoms with E-state index in [9.17, 15) is 9.59 Å². The van der Waals surface area contributed by atoms with Crippen molar-refractivity contribution in [2.24, 2.45) is 5.92 Å². The highest BCUT2D eigenvalue weighted by molar-refractivity contribution is 5.90. The van der Waals surface area contributed by atoms with Gasteiger partial charge in [-0.3, -0.25) is 0 Å². The Morgan fingerprint density at radius 2 is 1.24 bits per heavy atom. The van der Waals surface area contributed by atoms with Gasteiger partial charge in [-0.05, 0) is 78.8 Å². The first kappa shape index (κ1) is 26.0. The minimum atomic E-state index is -0.426. The summed E-state index contributed by atoms with van der Waals surface area (Å²) in [6.45, 7) is 8.75. The molecule has 2 aromatic rings. The van der Waals surface area contributed by atoms with Gasteiger partial charge >= 0.3 is 11.9 Å². The molecule has 1 fully saturated rings. The normalized spacial score (nSPS) is 16.9. The maximum atomic E-state index is 12.9. The first-order valence-corrected chi connectivity index (χ1v) is 13.0. The molecule has 3 unspecified atom stereocenters. The number of esters is 2. The molecule has 0 spiro atoms. The zero-order valence-corrected chi connectivity index (χ0v) is 21.2. The van der Waals surface area contributed by atoms with Gasteiger partial charge in [-0.1, -0.05) is 71.2 Å². The smallest absolute Gasteiger partial charge is 0.338 e. The van der Waals surface area contributed by atoms with Crippen LogP contribution in [0.1, 0.15) is 116 Å². The van der Waals surface area contributed by atoms with Crippen LogP contribution in [-0.4, -0.2) is 24.6 Å². The molecule has 1 aliphatic rings. The van der Waals surface area contributed by atoms with Crippen molar-refractivity contribution in [3.8, 4) is 0 Å². The Bertz CT molecular complexity index is 910. The molecule has 1 saturated carbocycles. The molecule has 34 heavy (non-hydrogen) atoms. The van der Waals surface area contributed by atoms with Gasteiger partial charge in [0.2, 0.25) is 0 Å². The quantitative estimate of drug-likeness (QED) is 0.338.